The fourth-order valence-corrected chi connectivity index (χ4v) is 5.86. The van der Waals surface area contributed by atoms with Gasteiger partial charge in [0, 0.05) is 32.7 Å². The van der Waals surface area contributed by atoms with Crippen molar-refractivity contribution >= 4 is 66.7 Å². The maximum absolute atomic E-state index is 13.7. The van der Waals surface area contributed by atoms with Gasteiger partial charge in [0.05, 0.1) is 11.9 Å². The van der Waals surface area contributed by atoms with Crippen LogP contribution in [0.2, 0.25) is 10.0 Å². The van der Waals surface area contributed by atoms with Crippen LogP contribution in [-0.4, -0.2) is 50.0 Å². The zero-order chi connectivity index (χ0) is 26.5. The van der Waals surface area contributed by atoms with Crippen molar-refractivity contribution in [1.82, 2.24) is 10.2 Å². The van der Waals surface area contributed by atoms with Gasteiger partial charge >= 0.3 is 0 Å². The van der Waals surface area contributed by atoms with Crippen LogP contribution in [0.25, 0.3) is 0 Å². The van der Waals surface area contributed by atoms with Gasteiger partial charge in [-0.05, 0) is 56.2 Å². The lowest BCUT2D eigenvalue weighted by atomic mass is 9.95. The highest BCUT2D eigenvalue weighted by Gasteiger charge is 2.32. The molecule has 1 unspecified atom stereocenters. The second kappa shape index (κ2) is 12.6. The van der Waals surface area contributed by atoms with Crippen LogP contribution < -0.4 is 9.62 Å². The van der Waals surface area contributed by atoms with Crippen molar-refractivity contribution in [3.05, 3.63) is 62.5 Å². The van der Waals surface area contributed by atoms with E-state index >= 15 is 0 Å². The molecule has 7 nitrogen and oxygen atoms in total. The number of nitrogens with one attached hydrogen (secondary N) is 1. The minimum atomic E-state index is -3.80. The zero-order valence-corrected chi connectivity index (χ0v) is 24.1. The maximum atomic E-state index is 13.7. The zero-order valence-electron chi connectivity index (χ0n) is 20.2. The standard InChI is InChI=1S/C25H30BrCl2N3O4S/c1-17(25(33)29-19-7-4-3-5-8-19)30(15-21-22(27)9-6-10-23(21)28)24(32)16-31(36(2,34)35)20-13-11-18(26)12-14-20/h6,9-14,17,19H,3-5,7-8,15-16H2,1-2H3,(H,29,33). The number of carbonyl (C=O) groups is 2. The molecular formula is C25H30BrCl2N3O4S. The summed E-state index contributed by atoms with van der Waals surface area (Å²) in [6.07, 6.45) is 6.08. The molecule has 3 rings (SSSR count). The fraction of sp³-hybridized carbons (Fsp3) is 0.440. The molecule has 2 amide bonds. The van der Waals surface area contributed by atoms with Crippen LogP contribution in [0.3, 0.4) is 0 Å². The summed E-state index contributed by atoms with van der Waals surface area (Å²) in [5.74, 6) is -0.849. The van der Waals surface area contributed by atoms with Crippen molar-refractivity contribution in [2.45, 2.75) is 57.7 Å². The smallest absolute Gasteiger partial charge is 0.244 e. The van der Waals surface area contributed by atoms with E-state index in [2.05, 4.69) is 21.2 Å². The molecular weight excluding hydrogens is 589 g/mol. The Morgan fingerprint density at radius 2 is 1.64 bits per heavy atom. The Bertz CT molecular complexity index is 1170. The molecule has 2 aromatic rings. The molecule has 2 aromatic carbocycles. The number of benzene rings is 2. The number of nitrogens with zero attached hydrogens (tertiary/aromatic N) is 2. The van der Waals surface area contributed by atoms with Crippen LogP contribution >= 0.6 is 39.1 Å². The lowest BCUT2D eigenvalue weighted by Gasteiger charge is -2.33. The van der Waals surface area contributed by atoms with Crippen molar-refractivity contribution in [3.8, 4) is 0 Å². The largest absolute Gasteiger partial charge is 0.352 e. The second-order valence-electron chi connectivity index (χ2n) is 8.99. The molecule has 0 bridgehead atoms. The maximum Gasteiger partial charge on any atom is 0.244 e. The Morgan fingerprint density at radius 3 is 2.19 bits per heavy atom. The third kappa shape index (κ3) is 7.60. The summed E-state index contributed by atoms with van der Waals surface area (Å²) in [7, 11) is -3.80. The number of hydrogen-bond acceptors (Lipinski definition) is 4. The molecule has 0 aromatic heterocycles. The second-order valence-corrected chi connectivity index (χ2v) is 12.6. The minimum absolute atomic E-state index is 0.0471. The van der Waals surface area contributed by atoms with Crippen LogP contribution in [0, 0.1) is 0 Å². The SMILES string of the molecule is CC(C(=O)NC1CCCCC1)N(Cc1c(Cl)cccc1Cl)C(=O)CN(c1ccc(Br)cc1)S(C)(=O)=O. The van der Waals surface area contributed by atoms with Crippen molar-refractivity contribution in [2.75, 3.05) is 17.1 Å². The Morgan fingerprint density at radius 1 is 1.06 bits per heavy atom. The molecule has 36 heavy (non-hydrogen) atoms. The van der Waals surface area contributed by atoms with Crippen molar-refractivity contribution in [2.24, 2.45) is 0 Å². The minimum Gasteiger partial charge on any atom is -0.352 e. The summed E-state index contributed by atoms with van der Waals surface area (Å²) in [5.41, 5.74) is 0.824. The van der Waals surface area contributed by atoms with E-state index < -0.39 is 28.5 Å². The average molecular weight is 619 g/mol. The fourth-order valence-electron chi connectivity index (χ4n) is 4.23. The monoisotopic (exact) mass is 617 g/mol. The van der Waals surface area contributed by atoms with Crippen LogP contribution in [0.4, 0.5) is 5.69 Å². The van der Waals surface area contributed by atoms with Gasteiger partial charge in [0.2, 0.25) is 21.8 Å². The summed E-state index contributed by atoms with van der Waals surface area (Å²) in [6, 6.07) is 10.8. The number of anilines is 1. The Balaban J connectivity index is 1.91. The highest BCUT2D eigenvalue weighted by atomic mass is 79.9. The summed E-state index contributed by atoms with van der Waals surface area (Å²) in [5, 5.41) is 3.76. The van der Waals surface area contributed by atoms with Gasteiger partial charge in [0.25, 0.3) is 0 Å². The highest BCUT2D eigenvalue weighted by molar-refractivity contribution is 9.10. The molecule has 11 heteroatoms. The van der Waals surface area contributed by atoms with Gasteiger partial charge in [0.1, 0.15) is 12.6 Å². The first-order valence-electron chi connectivity index (χ1n) is 11.7. The molecule has 196 valence electrons. The molecule has 0 saturated heterocycles. The number of sulfonamides is 1. The van der Waals surface area contributed by atoms with Crippen molar-refractivity contribution in [1.29, 1.82) is 0 Å². The molecule has 1 atom stereocenters. The quantitative estimate of drug-likeness (QED) is 0.408. The van der Waals surface area contributed by atoms with E-state index in [4.69, 9.17) is 23.2 Å². The molecule has 0 heterocycles. The average Bonchev–Trinajstić information content (AvgIpc) is 2.82. The summed E-state index contributed by atoms with van der Waals surface area (Å²) < 4.78 is 27.1. The van der Waals surface area contributed by atoms with E-state index in [1.807, 2.05) is 0 Å². The number of hydrogen-bond donors (Lipinski definition) is 1. The molecule has 1 saturated carbocycles. The third-order valence-electron chi connectivity index (χ3n) is 6.30. The lowest BCUT2D eigenvalue weighted by Crippen LogP contribution is -2.53. The molecule has 1 N–H and O–H groups in total. The van der Waals surface area contributed by atoms with Gasteiger partial charge in [-0.2, -0.15) is 0 Å². The van der Waals surface area contributed by atoms with Gasteiger partial charge in [-0.25, -0.2) is 8.42 Å². The van der Waals surface area contributed by atoms with Gasteiger partial charge < -0.3 is 10.2 Å². The van der Waals surface area contributed by atoms with Gasteiger partial charge in [-0.15, -0.1) is 0 Å². The molecule has 1 fully saturated rings. The predicted molar refractivity (Wildman–Crippen MR) is 148 cm³/mol. The van der Waals surface area contributed by atoms with Gasteiger partial charge in [0.15, 0.2) is 0 Å². The van der Waals surface area contributed by atoms with E-state index in [0.717, 1.165) is 47.1 Å². The van der Waals surface area contributed by atoms with Crippen LogP contribution in [0.5, 0.6) is 0 Å². The van der Waals surface area contributed by atoms with E-state index in [1.165, 1.54) is 4.90 Å². The Labute approximate surface area is 231 Å². The van der Waals surface area contributed by atoms with E-state index in [0.29, 0.717) is 21.3 Å². The normalized spacial score (nSPS) is 15.2. The van der Waals surface area contributed by atoms with Crippen LogP contribution in [-0.2, 0) is 26.2 Å². The lowest BCUT2D eigenvalue weighted by molar-refractivity contribution is -0.139. The predicted octanol–water partition coefficient (Wildman–Crippen LogP) is 5.39. The van der Waals surface area contributed by atoms with E-state index in [-0.39, 0.29) is 18.5 Å². The Kier molecular flexibility index (Phi) is 10.1. The molecule has 0 radical (unpaired) electrons. The van der Waals surface area contributed by atoms with Crippen LogP contribution in [0.15, 0.2) is 46.9 Å². The number of amides is 2. The summed E-state index contributed by atoms with van der Waals surface area (Å²) in [4.78, 5) is 28.2. The number of halogens is 3. The van der Waals surface area contributed by atoms with Crippen molar-refractivity contribution < 1.29 is 18.0 Å². The topological polar surface area (TPSA) is 86.8 Å². The third-order valence-corrected chi connectivity index (χ3v) is 8.68. The molecule has 0 spiro atoms. The number of carbonyl (C=O) groups excluding carboxylic acids is 2. The van der Waals surface area contributed by atoms with Crippen LogP contribution in [0.1, 0.15) is 44.6 Å². The van der Waals surface area contributed by atoms with E-state index in [1.54, 1.807) is 49.4 Å². The van der Waals surface area contributed by atoms with Gasteiger partial charge in [-0.1, -0.05) is 64.5 Å². The molecule has 1 aliphatic rings. The van der Waals surface area contributed by atoms with Crippen molar-refractivity contribution in [3.63, 3.8) is 0 Å². The summed E-state index contributed by atoms with van der Waals surface area (Å²) in [6.45, 7) is 1.10. The van der Waals surface area contributed by atoms with Gasteiger partial charge in [-0.3, -0.25) is 13.9 Å². The first kappa shape index (κ1) is 28.8. The molecule has 1 aliphatic carbocycles. The van der Waals surface area contributed by atoms with E-state index in [9.17, 15) is 18.0 Å². The first-order chi connectivity index (χ1) is 17.0. The summed E-state index contributed by atoms with van der Waals surface area (Å²) >= 11 is 16.1. The Hall–Kier alpha value is -1.81. The molecule has 0 aliphatic heterocycles. The number of rotatable bonds is 9. The highest BCUT2D eigenvalue weighted by Crippen LogP contribution is 2.28. The first-order valence-corrected chi connectivity index (χ1v) is 15.1.